The second-order valence-electron chi connectivity index (χ2n) is 7.35. The lowest BCUT2D eigenvalue weighted by Gasteiger charge is -2.10. The minimum absolute atomic E-state index is 0.0750. The van der Waals surface area contributed by atoms with Crippen LogP contribution in [0.4, 0.5) is 11.4 Å². The van der Waals surface area contributed by atoms with Gasteiger partial charge in [-0.05, 0) is 55.0 Å². The van der Waals surface area contributed by atoms with Gasteiger partial charge in [-0.1, -0.05) is 30.3 Å². The van der Waals surface area contributed by atoms with Gasteiger partial charge in [0.2, 0.25) is 5.91 Å². The number of amides is 2. The van der Waals surface area contributed by atoms with Crippen molar-refractivity contribution in [1.29, 1.82) is 0 Å². The SMILES string of the molecule is COc1ccccc1NC(=O)COC(=O)CCC(=O)Nc1ccc(Oc2ccccc2C)cc1. The zero-order valence-electron chi connectivity index (χ0n) is 19.0. The van der Waals surface area contributed by atoms with Crippen LogP contribution in [-0.2, 0) is 19.1 Å². The Balaban J connectivity index is 1.38. The smallest absolute Gasteiger partial charge is 0.306 e. The molecule has 0 radical (unpaired) electrons. The van der Waals surface area contributed by atoms with Crippen molar-refractivity contribution >= 4 is 29.2 Å². The molecule has 0 bridgehead atoms. The number of hydrogen-bond donors (Lipinski definition) is 2. The number of carbonyl (C=O) groups is 3. The van der Waals surface area contributed by atoms with Crippen molar-refractivity contribution < 1.29 is 28.6 Å². The predicted octanol–water partition coefficient (Wildman–Crippen LogP) is 4.70. The summed E-state index contributed by atoms with van der Waals surface area (Å²) in [6, 6.07) is 21.5. The summed E-state index contributed by atoms with van der Waals surface area (Å²) in [4.78, 5) is 36.0. The van der Waals surface area contributed by atoms with Gasteiger partial charge in [0.05, 0.1) is 19.2 Å². The molecule has 2 N–H and O–H groups in total. The van der Waals surface area contributed by atoms with Crippen LogP contribution in [0.2, 0.25) is 0 Å². The molecule has 8 nitrogen and oxygen atoms in total. The Morgan fingerprint density at radius 1 is 0.765 bits per heavy atom. The van der Waals surface area contributed by atoms with E-state index in [0.29, 0.717) is 22.9 Å². The summed E-state index contributed by atoms with van der Waals surface area (Å²) >= 11 is 0. The van der Waals surface area contributed by atoms with Crippen molar-refractivity contribution in [2.75, 3.05) is 24.4 Å². The highest BCUT2D eigenvalue weighted by Gasteiger charge is 2.12. The van der Waals surface area contributed by atoms with E-state index in [0.717, 1.165) is 11.3 Å². The maximum atomic E-state index is 12.1. The van der Waals surface area contributed by atoms with Gasteiger partial charge in [-0.25, -0.2) is 0 Å². The van der Waals surface area contributed by atoms with Gasteiger partial charge in [-0.15, -0.1) is 0 Å². The molecular weight excluding hydrogens is 436 g/mol. The van der Waals surface area contributed by atoms with Crippen LogP contribution in [-0.4, -0.2) is 31.5 Å². The summed E-state index contributed by atoms with van der Waals surface area (Å²) in [5.41, 5.74) is 2.07. The van der Waals surface area contributed by atoms with E-state index < -0.39 is 18.5 Å². The quantitative estimate of drug-likeness (QED) is 0.424. The molecule has 3 rings (SSSR count). The van der Waals surface area contributed by atoms with Gasteiger partial charge in [-0.3, -0.25) is 14.4 Å². The minimum atomic E-state index is -0.646. The number of ether oxygens (including phenoxy) is 3. The lowest BCUT2D eigenvalue weighted by atomic mass is 10.2. The number of anilines is 2. The largest absolute Gasteiger partial charge is 0.495 e. The summed E-state index contributed by atoms with van der Waals surface area (Å²) in [7, 11) is 1.49. The molecule has 0 aliphatic carbocycles. The van der Waals surface area contributed by atoms with Crippen molar-refractivity contribution in [3.8, 4) is 17.2 Å². The van der Waals surface area contributed by atoms with Gasteiger partial charge in [0.15, 0.2) is 6.61 Å². The second-order valence-corrected chi connectivity index (χ2v) is 7.35. The Labute approximate surface area is 197 Å². The number of hydrogen-bond acceptors (Lipinski definition) is 6. The van der Waals surface area contributed by atoms with E-state index >= 15 is 0 Å². The number of nitrogens with one attached hydrogen (secondary N) is 2. The summed E-state index contributed by atoms with van der Waals surface area (Å²) in [6.45, 7) is 1.50. The standard InChI is InChI=1S/C26H26N2O6/c1-18-7-3-5-9-22(18)34-20-13-11-19(12-14-20)27-24(29)15-16-26(31)33-17-25(30)28-21-8-4-6-10-23(21)32-2/h3-14H,15-17H2,1-2H3,(H,27,29)(H,28,30). The van der Waals surface area contributed by atoms with Crippen molar-refractivity contribution in [1.82, 2.24) is 0 Å². The van der Waals surface area contributed by atoms with E-state index in [1.54, 1.807) is 48.5 Å². The van der Waals surface area contributed by atoms with Crippen LogP contribution in [0.5, 0.6) is 17.2 Å². The van der Waals surface area contributed by atoms with Crippen LogP contribution in [0.25, 0.3) is 0 Å². The van der Waals surface area contributed by atoms with Crippen molar-refractivity contribution in [2.24, 2.45) is 0 Å². The van der Waals surface area contributed by atoms with Crippen LogP contribution in [0, 0.1) is 6.92 Å². The highest BCUT2D eigenvalue weighted by Crippen LogP contribution is 2.26. The Hall–Kier alpha value is -4.33. The van der Waals surface area contributed by atoms with Gasteiger partial charge in [-0.2, -0.15) is 0 Å². The first-order valence-electron chi connectivity index (χ1n) is 10.7. The number of rotatable bonds is 10. The number of para-hydroxylation sites is 3. The maximum Gasteiger partial charge on any atom is 0.306 e. The Morgan fingerprint density at radius 2 is 1.44 bits per heavy atom. The topological polar surface area (TPSA) is 103 Å². The number of esters is 1. The molecule has 34 heavy (non-hydrogen) atoms. The third-order valence-electron chi connectivity index (χ3n) is 4.76. The fourth-order valence-electron chi connectivity index (χ4n) is 3.00. The van der Waals surface area contributed by atoms with E-state index in [1.165, 1.54) is 7.11 Å². The zero-order valence-corrected chi connectivity index (χ0v) is 19.0. The summed E-state index contributed by atoms with van der Waals surface area (Å²) in [6.07, 6.45) is -0.226. The highest BCUT2D eigenvalue weighted by atomic mass is 16.5. The first kappa shape index (κ1) is 24.3. The van der Waals surface area contributed by atoms with Crippen molar-refractivity contribution in [3.63, 3.8) is 0 Å². The minimum Gasteiger partial charge on any atom is -0.495 e. The molecule has 0 aromatic heterocycles. The molecule has 8 heteroatoms. The maximum absolute atomic E-state index is 12.1. The molecule has 0 saturated carbocycles. The van der Waals surface area contributed by atoms with E-state index in [-0.39, 0.29) is 18.7 Å². The molecule has 0 fully saturated rings. The van der Waals surface area contributed by atoms with E-state index in [9.17, 15) is 14.4 Å². The Bertz CT molecular complexity index is 1140. The summed E-state index contributed by atoms with van der Waals surface area (Å²) < 4.78 is 15.9. The van der Waals surface area contributed by atoms with Gasteiger partial charge in [0, 0.05) is 12.1 Å². The molecule has 0 unspecified atom stereocenters. The lowest BCUT2D eigenvalue weighted by Crippen LogP contribution is -2.22. The first-order chi connectivity index (χ1) is 16.4. The highest BCUT2D eigenvalue weighted by molar-refractivity contribution is 5.95. The third-order valence-corrected chi connectivity index (χ3v) is 4.76. The Morgan fingerprint density at radius 3 is 2.15 bits per heavy atom. The Kier molecular flexibility index (Phi) is 8.62. The van der Waals surface area contributed by atoms with Gasteiger partial charge in [0.1, 0.15) is 17.2 Å². The number of carbonyl (C=O) groups excluding carboxylic acids is 3. The monoisotopic (exact) mass is 462 g/mol. The van der Waals surface area contributed by atoms with Gasteiger partial charge < -0.3 is 24.8 Å². The van der Waals surface area contributed by atoms with Crippen LogP contribution in [0.15, 0.2) is 72.8 Å². The predicted molar refractivity (Wildman–Crippen MR) is 128 cm³/mol. The van der Waals surface area contributed by atoms with Crippen molar-refractivity contribution in [3.05, 3.63) is 78.4 Å². The van der Waals surface area contributed by atoms with Crippen LogP contribution >= 0.6 is 0 Å². The molecule has 0 heterocycles. The van der Waals surface area contributed by atoms with Crippen LogP contribution < -0.4 is 20.1 Å². The average Bonchev–Trinajstić information content (AvgIpc) is 2.84. The van der Waals surface area contributed by atoms with Gasteiger partial charge in [0.25, 0.3) is 5.91 Å². The van der Waals surface area contributed by atoms with Gasteiger partial charge >= 0.3 is 5.97 Å². The molecule has 3 aromatic rings. The number of benzene rings is 3. The van der Waals surface area contributed by atoms with Crippen LogP contribution in [0.3, 0.4) is 0 Å². The molecular formula is C26H26N2O6. The molecule has 0 aliphatic rings. The molecule has 0 saturated heterocycles. The van der Waals surface area contributed by atoms with E-state index in [1.807, 2.05) is 31.2 Å². The average molecular weight is 463 g/mol. The summed E-state index contributed by atoms with van der Waals surface area (Å²) in [5, 5.41) is 5.32. The third kappa shape index (κ3) is 7.37. The molecule has 3 aromatic carbocycles. The zero-order chi connectivity index (χ0) is 24.3. The fourth-order valence-corrected chi connectivity index (χ4v) is 3.00. The van der Waals surface area contributed by atoms with Crippen LogP contribution in [0.1, 0.15) is 18.4 Å². The molecule has 0 spiro atoms. The molecule has 2 amide bonds. The van der Waals surface area contributed by atoms with Crippen molar-refractivity contribution in [2.45, 2.75) is 19.8 Å². The van der Waals surface area contributed by atoms with E-state index in [2.05, 4.69) is 10.6 Å². The molecule has 0 aliphatic heterocycles. The lowest BCUT2D eigenvalue weighted by molar-refractivity contribution is -0.147. The molecule has 176 valence electrons. The first-order valence-corrected chi connectivity index (χ1v) is 10.7. The fraction of sp³-hybridized carbons (Fsp3) is 0.192. The van der Waals surface area contributed by atoms with E-state index in [4.69, 9.17) is 14.2 Å². The number of aryl methyl sites for hydroxylation is 1. The summed E-state index contributed by atoms with van der Waals surface area (Å²) in [5.74, 6) is 0.399. The normalized spacial score (nSPS) is 10.2. The molecule has 0 atom stereocenters. The second kappa shape index (κ2) is 12.1. The number of methoxy groups -OCH3 is 1.